The Balaban J connectivity index is 2.41. The lowest BCUT2D eigenvalue weighted by molar-refractivity contribution is -0.129. The molecule has 0 atom stereocenters. The number of carbonyl (C=O) groups excluding carboxylic acids is 3. The SMILES string of the molecule is O=C(F)CN1C(=O)c2ccccc2C1=O. The maximum atomic E-state index is 12.1. The fourth-order valence-electron chi connectivity index (χ4n) is 1.51. The van der Waals surface area contributed by atoms with Crippen LogP contribution in [0.3, 0.4) is 0 Å². The van der Waals surface area contributed by atoms with E-state index in [-0.39, 0.29) is 11.1 Å². The first kappa shape index (κ1) is 9.51. The van der Waals surface area contributed by atoms with Crippen molar-refractivity contribution < 1.29 is 18.8 Å². The summed E-state index contributed by atoms with van der Waals surface area (Å²) >= 11 is 0. The van der Waals surface area contributed by atoms with Gasteiger partial charge in [-0.25, -0.2) is 0 Å². The Hall–Kier alpha value is -2.04. The molecule has 5 heteroatoms. The van der Waals surface area contributed by atoms with E-state index in [4.69, 9.17) is 0 Å². The smallest absolute Gasteiger partial charge is 0.269 e. The monoisotopic (exact) mass is 207 g/mol. The molecular weight excluding hydrogens is 201 g/mol. The minimum absolute atomic E-state index is 0.212. The second kappa shape index (κ2) is 3.27. The fraction of sp³-hybridized carbons (Fsp3) is 0.100. The van der Waals surface area contributed by atoms with Gasteiger partial charge in [0.2, 0.25) is 0 Å². The molecule has 0 unspecified atom stereocenters. The Labute approximate surface area is 84.3 Å². The summed E-state index contributed by atoms with van der Waals surface area (Å²) in [5.41, 5.74) is 0.424. The Morgan fingerprint density at radius 3 is 2.00 bits per heavy atom. The molecule has 0 radical (unpaired) electrons. The van der Waals surface area contributed by atoms with E-state index < -0.39 is 24.4 Å². The van der Waals surface area contributed by atoms with Gasteiger partial charge in [0.15, 0.2) is 0 Å². The maximum Gasteiger partial charge on any atom is 0.321 e. The lowest BCUT2D eigenvalue weighted by Crippen LogP contribution is -2.33. The number of rotatable bonds is 2. The van der Waals surface area contributed by atoms with Crippen molar-refractivity contribution in [3.8, 4) is 0 Å². The number of imide groups is 1. The van der Waals surface area contributed by atoms with E-state index >= 15 is 0 Å². The summed E-state index contributed by atoms with van der Waals surface area (Å²) in [7, 11) is 0. The molecule has 0 fully saturated rings. The van der Waals surface area contributed by atoms with E-state index in [9.17, 15) is 18.8 Å². The molecule has 0 aromatic heterocycles. The van der Waals surface area contributed by atoms with Crippen LogP contribution in [0.25, 0.3) is 0 Å². The van der Waals surface area contributed by atoms with Crippen molar-refractivity contribution in [3.63, 3.8) is 0 Å². The highest BCUT2D eigenvalue weighted by Crippen LogP contribution is 2.21. The molecule has 0 saturated heterocycles. The number of hydrogen-bond donors (Lipinski definition) is 0. The topological polar surface area (TPSA) is 54.5 Å². The lowest BCUT2D eigenvalue weighted by Gasteiger charge is -2.08. The largest absolute Gasteiger partial charge is 0.321 e. The van der Waals surface area contributed by atoms with E-state index in [1.54, 1.807) is 12.1 Å². The van der Waals surface area contributed by atoms with Crippen molar-refractivity contribution in [3.05, 3.63) is 35.4 Å². The Kier molecular flexibility index (Phi) is 2.07. The molecule has 1 aliphatic rings. The van der Waals surface area contributed by atoms with Crippen molar-refractivity contribution in [2.45, 2.75) is 0 Å². The van der Waals surface area contributed by atoms with Crippen molar-refractivity contribution in [1.29, 1.82) is 0 Å². The zero-order valence-electron chi connectivity index (χ0n) is 7.57. The molecule has 0 saturated carbocycles. The van der Waals surface area contributed by atoms with Gasteiger partial charge in [-0.15, -0.1) is 0 Å². The number of hydrogen-bond acceptors (Lipinski definition) is 3. The number of fused-ring (bicyclic) bond motifs is 1. The van der Waals surface area contributed by atoms with Gasteiger partial charge >= 0.3 is 6.04 Å². The van der Waals surface area contributed by atoms with Crippen LogP contribution in [0, 0.1) is 0 Å². The van der Waals surface area contributed by atoms with Crippen LogP contribution in [0.5, 0.6) is 0 Å². The van der Waals surface area contributed by atoms with Crippen LogP contribution >= 0.6 is 0 Å². The van der Waals surface area contributed by atoms with Crippen LogP contribution in [-0.2, 0) is 4.79 Å². The molecule has 76 valence electrons. The molecule has 1 aromatic rings. The van der Waals surface area contributed by atoms with Gasteiger partial charge in [0.05, 0.1) is 11.1 Å². The van der Waals surface area contributed by atoms with Gasteiger partial charge in [0.1, 0.15) is 6.54 Å². The predicted octanol–water partition coefficient (Wildman–Crippen LogP) is 0.779. The summed E-state index contributed by atoms with van der Waals surface area (Å²) in [5, 5.41) is 0. The van der Waals surface area contributed by atoms with Crippen LogP contribution in [0.2, 0.25) is 0 Å². The molecule has 1 aromatic carbocycles. The van der Waals surface area contributed by atoms with Crippen molar-refractivity contribution in [2.75, 3.05) is 6.54 Å². The third-order valence-electron chi connectivity index (χ3n) is 2.16. The highest BCUT2D eigenvalue weighted by molar-refractivity contribution is 6.22. The second-order valence-corrected chi connectivity index (χ2v) is 3.10. The molecular formula is C10H6FNO3. The summed E-state index contributed by atoms with van der Waals surface area (Å²) < 4.78 is 12.1. The number of nitrogens with zero attached hydrogens (tertiary/aromatic N) is 1. The Morgan fingerprint density at radius 1 is 1.13 bits per heavy atom. The summed E-state index contributed by atoms with van der Waals surface area (Å²) in [6, 6.07) is 4.44. The van der Waals surface area contributed by atoms with Gasteiger partial charge in [-0.3, -0.25) is 19.3 Å². The van der Waals surface area contributed by atoms with E-state index in [1.165, 1.54) is 12.1 Å². The summed E-state index contributed by atoms with van der Waals surface area (Å²) in [6.07, 6.45) is 0. The molecule has 2 amide bonds. The van der Waals surface area contributed by atoms with Gasteiger partial charge < -0.3 is 0 Å². The van der Waals surface area contributed by atoms with Gasteiger partial charge in [0, 0.05) is 0 Å². The average Bonchev–Trinajstić information content (AvgIpc) is 2.44. The first-order valence-corrected chi connectivity index (χ1v) is 4.25. The third kappa shape index (κ3) is 1.41. The van der Waals surface area contributed by atoms with Gasteiger partial charge in [-0.2, -0.15) is 4.39 Å². The summed E-state index contributed by atoms with van der Waals surface area (Å²) in [4.78, 5) is 33.9. The number of amides is 2. The predicted molar refractivity (Wildman–Crippen MR) is 47.9 cm³/mol. The average molecular weight is 207 g/mol. The van der Waals surface area contributed by atoms with E-state index in [2.05, 4.69) is 0 Å². The van der Waals surface area contributed by atoms with Crippen LogP contribution in [0.15, 0.2) is 24.3 Å². The molecule has 0 spiro atoms. The molecule has 0 aliphatic carbocycles. The highest BCUT2D eigenvalue weighted by Gasteiger charge is 2.36. The van der Waals surface area contributed by atoms with E-state index in [1.807, 2.05) is 0 Å². The lowest BCUT2D eigenvalue weighted by atomic mass is 10.1. The van der Waals surface area contributed by atoms with Crippen molar-refractivity contribution in [1.82, 2.24) is 4.90 Å². The van der Waals surface area contributed by atoms with Crippen molar-refractivity contribution in [2.24, 2.45) is 0 Å². The van der Waals surface area contributed by atoms with Crippen LogP contribution in [-0.4, -0.2) is 29.3 Å². The number of halogens is 1. The molecule has 2 rings (SSSR count). The molecule has 4 nitrogen and oxygen atoms in total. The number of carbonyl (C=O) groups is 3. The van der Waals surface area contributed by atoms with E-state index in [0.29, 0.717) is 4.90 Å². The standard InChI is InChI=1S/C10H6FNO3/c11-8(13)5-12-9(14)6-3-1-2-4-7(6)10(12)15/h1-4H,5H2. The summed E-state index contributed by atoms with van der Waals surface area (Å²) in [5.74, 6) is -1.25. The van der Waals surface area contributed by atoms with Crippen molar-refractivity contribution >= 4 is 17.9 Å². The molecule has 0 bridgehead atoms. The molecule has 0 N–H and O–H groups in total. The minimum atomic E-state index is -1.70. The molecule has 1 heterocycles. The van der Waals surface area contributed by atoms with Gasteiger partial charge in [-0.05, 0) is 12.1 Å². The first-order valence-electron chi connectivity index (χ1n) is 4.25. The molecule has 15 heavy (non-hydrogen) atoms. The molecule has 1 aliphatic heterocycles. The fourth-order valence-corrected chi connectivity index (χ4v) is 1.51. The van der Waals surface area contributed by atoms with Crippen LogP contribution in [0.4, 0.5) is 4.39 Å². The first-order chi connectivity index (χ1) is 7.11. The van der Waals surface area contributed by atoms with Gasteiger partial charge in [-0.1, -0.05) is 12.1 Å². The zero-order valence-corrected chi connectivity index (χ0v) is 7.57. The second-order valence-electron chi connectivity index (χ2n) is 3.10. The van der Waals surface area contributed by atoms with Crippen LogP contribution < -0.4 is 0 Å². The Morgan fingerprint density at radius 2 is 1.60 bits per heavy atom. The summed E-state index contributed by atoms with van der Waals surface area (Å²) in [6.45, 7) is -0.813. The minimum Gasteiger partial charge on any atom is -0.269 e. The van der Waals surface area contributed by atoms with E-state index in [0.717, 1.165) is 0 Å². The number of benzene rings is 1. The third-order valence-corrected chi connectivity index (χ3v) is 2.16. The maximum absolute atomic E-state index is 12.1. The quantitative estimate of drug-likeness (QED) is 0.532. The highest BCUT2D eigenvalue weighted by atomic mass is 19.1. The van der Waals surface area contributed by atoms with Crippen LogP contribution in [0.1, 0.15) is 20.7 Å². The zero-order chi connectivity index (χ0) is 11.0. The Bertz CT molecular complexity index is 434. The normalized spacial score (nSPS) is 14.3. The van der Waals surface area contributed by atoms with Gasteiger partial charge in [0.25, 0.3) is 11.8 Å².